The molecular weight excluding hydrogens is 253 g/mol. The number of nitrogens with one attached hydrogen (secondary N) is 1. The van der Waals surface area contributed by atoms with Crippen molar-refractivity contribution in [3.63, 3.8) is 0 Å². The maximum Gasteiger partial charge on any atom is 0.141 e. The van der Waals surface area contributed by atoms with Gasteiger partial charge in [0, 0.05) is 6.20 Å². The van der Waals surface area contributed by atoms with Crippen LogP contribution in [-0.4, -0.2) is 4.98 Å². The first-order valence-corrected chi connectivity index (χ1v) is 6.59. The van der Waals surface area contributed by atoms with Gasteiger partial charge in [0.1, 0.15) is 5.82 Å². The summed E-state index contributed by atoms with van der Waals surface area (Å²) in [6, 6.07) is 9.34. The first kappa shape index (κ1) is 14.6. The molecule has 1 heterocycles. The van der Waals surface area contributed by atoms with Crippen molar-refractivity contribution in [2.45, 2.75) is 32.2 Å². The molecule has 0 bridgehead atoms. The van der Waals surface area contributed by atoms with Crippen LogP contribution in [0.4, 0.5) is 4.39 Å². The van der Waals surface area contributed by atoms with Crippen LogP contribution >= 0.6 is 0 Å². The van der Waals surface area contributed by atoms with Crippen LogP contribution in [0.1, 0.15) is 43.5 Å². The second-order valence-corrected chi connectivity index (χ2v) is 5.91. The standard InChI is InChI=1S/C16H20FN3/c1-16(2,3)13-6-4-11(5-7-13)15(20-18)12-8-14(17)10-19-9-12/h4-10,15,20H,18H2,1-3H3. The van der Waals surface area contributed by atoms with Gasteiger partial charge < -0.3 is 0 Å². The van der Waals surface area contributed by atoms with Crippen LogP contribution in [0.3, 0.4) is 0 Å². The minimum absolute atomic E-state index is 0.102. The minimum Gasteiger partial charge on any atom is -0.271 e. The third-order valence-electron chi connectivity index (χ3n) is 3.34. The van der Waals surface area contributed by atoms with E-state index >= 15 is 0 Å². The quantitative estimate of drug-likeness (QED) is 0.667. The highest BCUT2D eigenvalue weighted by atomic mass is 19.1. The number of benzene rings is 1. The summed E-state index contributed by atoms with van der Waals surface area (Å²) in [5.74, 6) is 5.24. The van der Waals surface area contributed by atoms with Crippen molar-refractivity contribution in [3.05, 3.63) is 65.2 Å². The molecule has 3 nitrogen and oxygen atoms in total. The van der Waals surface area contributed by atoms with Crippen LogP contribution < -0.4 is 11.3 Å². The Hall–Kier alpha value is -1.78. The molecule has 0 aliphatic carbocycles. The molecule has 2 rings (SSSR count). The lowest BCUT2D eigenvalue weighted by Crippen LogP contribution is -2.29. The summed E-state index contributed by atoms with van der Waals surface area (Å²) in [6.45, 7) is 6.49. The molecule has 1 aromatic carbocycles. The Morgan fingerprint density at radius 2 is 1.75 bits per heavy atom. The molecule has 0 amide bonds. The van der Waals surface area contributed by atoms with Crippen molar-refractivity contribution in [3.8, 4) is 0 Å². The van der Waals surface area contributed by atoms with Gasteiger partial charge >= 0.3 is 0 Å². The van der Waals surface area contributed by atoms with Gasteiger partial charge in [0.15, 0.2) is 0 Å². The molecule has 106 valence electrons. The molecule has 0 saturated carbocycles. The van der Waals surface area contributed by atoms with Crippen LogP contribution in [0.2, 0.25) is 0 Å². The monoisotopic (exact) mass is 273 g/mol. The van der Waals surface area contributed by atoms with Crippen molar-refractivity contribution < 1.29 is 4.39 Å². The average Bonchev–Trinajstić information content (AvgIpc) is 2.39. The average molecular weight is 273 g/mol. The van der Waals surface area contributed by atoms with Gasteiger partial charge in [0.05, 0.1) is 12.2 Å². The fourth-order valence-electron chi connectivity index (χ4n) is 2.15. The van der Waals surface area contributed by atoms with Gasteiger partial charge in [0.2, 0.25) is 0 Å². The Kier molecular flexibility index (Phi) is 4.16. The molecule has 0 spiro atoms. The number of pyridine rings is 1. The van der Waals surface area contributed by atoms with Crippen LogP contribution in [-0.2, 0) is 5.41 Å². The summed E-state index contributed by atoms with van der Waals surface area (Å²) in [5.41, 5.74) is 5.74. The first-order valence-electron chi connectivity index (χ1n) is 6.59. The second kappa shape index (κ2) is 5.69. The van der Waals surface area contributed by atoms with Gasteiger partial charge in [0.25, 0.3) is 0 Å². The highest BCUT2D eigenvalue weighted by Crippen LogP contribution is 2.26. The first-order chi connectivity index (χ1) is 9.41. The smallest absolute Gasteiger partial charge is 0.141 e. The SMILES string of the molecule is CC(C)(C)c1ccc(C(NN)c2cncc(F)c2)cc1. The number of nitrogens with two attached hydrogens (primary N) is 1. The Morgan fingerprint density at radius 3 is 2.25 bits per heavy atom. The molecule has 0 fully saturated rings. The lowest BCUT2D eigenvalue weighted by atomic mass is 9.86. The van der Waals surface area contributed by atoms with Gasteiger partial charge in [-0.3, -0.25) is 10.8 Å². The third-order valence-corrected chi connectivity index (χ3v) is 3.34. The lowest BCUT2D eigenvalue weighted by Gasteiger charge is -2.21. The summed E-state index contributed by atoms with van der Waals surface area (Å²) in [6.07, 6.45) is 2.80. The van der Waals surface area contributed by atoms with E-state index in [0.717, 1.165) is 5.56 Å². The predicted molar refractivity (Wildman–Crippen MR) is 78.5 cm³/mol. The Balaban J connectivity index is 2.33. The van der Waals surface area contributed by atoms with Crippen LogP contribution in [0.25, 0.3) is 0 Å². The number of aromatic nitrogens is 1. The molecule has 0 radical (unpaired) electrons. The Bertz CT molecular complexity index is 573. The Morgan fingerprint density at radius 1 is 1.10 bits per heavy atom. The van der Waals surface area contributed by atoms with Crippen molar-refractivity contribution in [2.75, 3.05) is 0 Å². The molecule has 0 saturated heterocycles. The van der Waals surface area contributed by atoms with E-state index in [1.165, 1.54) is 17.8 Å². The zero-order valence-electron chi connectivity index (χ0n) is 12.0. The van der Waals surface area contributed by atoms with Gasteiger partial charge in [-0.15, -0.1) is 0 Å². The molecule has 0 aliphatic heterocycles. The number of rotatable bonds is 3. The zero-order chi connectivity index (χ0) is 14.8. The predicted octanol–water partition coefficient (Wildman–Crippen LogP) is 3.07. The fraction of sp³-hybridized carbons (Fsp3) is 0.312. The highest BCUT2D eigenvalue weighted by Gasteiger charge is 2.16. The van der Waals surface area contributed by atoms with E-state index < -0.39 is 0 Å². The molecule has 20 heavy (non-hydrogen) atoms. The molecule has 0 aliphatic rings. The van der Waals surface area contributed by atoms with E-state index in [2.05, 4.69) is 43.3 Å². The van der Waals surface area contributed by atoms with Crippen molar-refractivity contribution >= 4 is 0 Å². The molecular formula is C16H20FN3. The summed E-state index contributed by atoms with van der Waals surface area (Å²) >= 11 is 0. The van der Waals surface area contributed by atoms with E-state index in [1.54, 1.807) is 6.20 Å². The highest BCUT2D eigenvalue weighted by molar-refractivity contribution is 5.34. The topological polar surface area (TPSA) is 50.9 Å². The van der Waals surface area contributed by atoms with Crippen LogP contribution in [0.15, 0.2) is 42.7 Å². The van der Waals surface area contributed by atoms with E-state index in [9.17, 15) is 4.39 Å². The third kappa shape index (κ3) is 3.21. The summed E-state index contributed by atoms with van der Waals surface area (Å²) < 4.78 is 13.3. The molecule has 1 aromatic heterocycles. The lowest BCUT2D eigenvalue weighted by molar-refractivity contribution is 0.586. The van der Waals surface area contributed by atoms with Crippen LogP contribution in [0, 0.1) is 5.82 Å². The number of hydrogen-bond donors (Lipinski definition) is 2. The second-order valence-electron chi connectivity index (χ2n) is 5.91. The van der Waals surface area contributed by atoms with E-state index in [1.807, 2.05) is 12.1 Å². The number of hydrazine groups is 1. The van der Waals surface area contributed by atoms with Gasteiger partial charge in [-0.25, -0.2) is 9.82 Å². The maximum atomic E-state index is 13.3. The summed E-state index contributed by atoms with van der Waals surface area (Å²) in [7, 11) is 0. The number of hydrogen-bond acceptors (Lipinski definition) is 3. The minimum atomic E-state index is -0.367. The fourth-order valence-corrected chi connectivity index (χ4v) is 2.15. The number of nitrogens with zero attached hydrogens (tertiary/aromatic N) is 1. The molecule has 2 aromatic rings. The molecule has 1 atom stereocenters. The van der Waals surface area contributed by atoms with E-state index in [4.69, 9.17) is 5.84 Å². The van der Waals surface area contributed by atoms with E-state index in [0.29, 0.717) is 5.56 Å². The summed E-state index contributed by atoms with van der Waals surface area (Å²) in [5, 5.41) is 0. The van der Waals surface area contributed by atoms with Crippen molar-refractivity contribution in [1.82, 2.24) is 10.4 Å². The maximum absolute atomic E-state index is 13.3. The van der Waals surface area contributed by atoms with Crippen LogP contribution in [0.5, 0.6) is 0 Å². The molecule has 3 N–H and O–H groups in total. The normalized spacial score (nSPS) is 13.2. The largest absolute Gasteiger partial charge is 0.271 e. The zero-order valence-corrected chi connectivity index (χ0v) is 12.0. The molecule has 4 heteroatoms. The van der Waals surface area contributed by atoms with Crippen molar-refractivity contribution in [1.29, 1.82) is 0 Å². The van der Waals surface area contributed by atoms with Crippen molar-refractivity contribution in [2.24, 2.45) is 5.84 Å². The van der Waals surface area contributed by atoms with Gasteiger partial charge in [-0.1, -0.05) is 45.0 Å². The van der Waals surface area contributed by atoms with E-state index in [-0.39, 0.29) is 17.3 Å². The number of halogens is 1. The molecule has 1 unspecified atom stereocenters. The summed E-state index contributed by atoms with van der Waals surface area (Å²) in [4.78, 5) is 3.86. The Labute approximate surface area is 119 Å². The van der Waals surface area contributed by atoms with Gasteiger partial charge in [-0.2, -0.15) is 0 Å². The van der Waals surface area contributed by atoms with Gasteiger partial charge in [-0.05, 0) is 28.2 Å².